The average molecular weight is 337 g/mol. The molecule has 0 radical (unpaired) electrons. The Bertz CT molecular complexity index is 575. The maximum atomic E-state index is 14.5. The zero-order valence-corrected chi connectivity index (χ0v) is 14.2. The van der Waals surface area contributed by atoms with Gasteiger partial charge in [0.2, 0.25) is 10.0 Å². The van der Waals surface area contributed by atoms with Crippen LogP contribution in [0.15, 0.2) is 17.0 Å². The van der Waals surface area contributed by atoms with Crippen LogP contribution in [-0.4, -0.2) is 32.4 Å². The Labute approximate surface area is 131 Å². The van der Waals surface area contributed by atoms with E-state index < -0.39 is 15.8 Å². The van der Waals surface area contributed by atoms with Crippen LogP contribution in [0.2, 0.25) is 5.02 Å². The number of nitrogens with one attached hydrogen (secondary N) is 1. The molecular formula is C14H22ClFN2O2S. The van der Waals surface area contributed by atoms with Crippen molar-refractivity contribution >= 4 is 21.6 Å². The smallest absolute Gasteiger partial charge is 0.246 e. The third kappa shape index (κ3) is 4.39. The van der Waals surface area contributed by atoms with E-state index in [4.69, 9.17) is 11.6 Å². The first-order valence-electron chi connectivity index (χ1n) is 7.07. The zero-order valence-electron chi connectivity index (χ0n) is 12.6. The second-order valence-corrected chi connectivity index (χ2v) is 6.99. The van der Waals surface area contributed by atoms with Gasteiger partial charge in [-0.1, -0.05) is 32.4 Å². The number of halogens is 2. The van der Waals surface area contributed by atoms with E-state index in [1.807, 2.05) is 6.92 Å². The predicted octanol–water partition coefficient (Wildman–Crippen LogP) is 3.01. The largest absolute Gasteiger partial charge is 0.313 e. The van der Waals surface area contributed by atoms with E-state index in [0.717, 1.165) is 13.0 Å². The van der Waals surface area contributed by atoms with E-state index in [9.17, 15) is 12.8 Å². The van der Waals surface area contributed by atoms with Crippen molar-refractivity contribution in [3.8, 4) is 0 Å². The molecule has 0 spiro atoms. The Morgan fingerprint density at radius 2 is 1.86 bits per heavy atom. The maximum absolute atomic E-state index is 14.5. The lowest BCUT2D eigenvalue weighted by Gasteiger charge is -2.20. The molecule has 0 aliphatic carbocycles. The van der Waals surface area contributed by atoms with Gasteiger partial charge in [0, 0.05) is 30.2 Å². The zero-order chi connectivity index (χ0) is 16.0. The van der Waals surface area contributed by atoms with E-state index in [1.165, 1.54) is 16.4 Å². The Kier molecular flexibility index (Phi) is 7.06. The molecule has 0 saturated carbocycles. The van der Waals surface area contributed by atoms with Gasteiger partial charge < -0.3 is 5.32 Å². The summed E-state index contributed by atoms with van der Waals surface area (Å²) in [4.78, 5) is -0.355. The molecule has 0 fully saturated rings. The van der Waals surface area contributed by atoms with Crippen LogP contribution < -0.4 is 5.32 Å². The van der Waals surface area contributed by atoms with Crippen LogP contribution >= 0.6 is 11.6 Å². The molecule has 1 aromatic rings. The molecule has 21 heavy (non-hydrogen) atoms. The lowest BCUT2D eigenvalue weighted by atomic mass is 10.2. The lowest BCUT2D eigenvalue weighted by Crippen LogP contribution is -2.31. The Balaban J connectivity index is 3.24. The molecule has 7 heteroatoms. The van der Waals surface area contributed by atoms with Crippen molar-refractivity contribution in [2.75, 3.05) is 19.6 Å². The van der Waals surface area contributed by atoms with Crippen molar-refractivity contribution in [1.29, 1.82) is 0 Å². The normalized spacial score (nSPS) is 12.1. The van der Waals surface area contributed by atoms with Gasteiger partial charge >= 0.3 is 0 Å². The fourth-order valence-electron chi connectivity index (χ4n) is 2.04. The van der Waals surface area contributed by atoms with Crippen LogP contribution in [0.1, 0.15) is 32.8 Å². The van der Waals surface area contributed by atoms with Crippen LogP contribution in [0, 0.1) is 5.82 Å². The molecule has 1 N–H and O–H groups in total. The summed E-state index contributed by atoms with van der Waals surface area (Å²) < 4.78 is 40.6. The monoisotopic (exact) mass is 336 g/mol. The maximum Gasteiger partial charge on any atom is 0.246 e. The quantitative estimate of drug-likeness (QED) is 0.742. The molecule has 0 aromatic heterocycles. The summed E-state index contributed by atoms with van der Waals surface area (Å²) in [6.07, 6.45) is 0.910. The number of rotatable bonds is 8. The second kappa shape index (κ2) is 8.08. The molecule has 0 saturated heterocycles. The van der Waals surface area contributed by atoms with Gasteiger partial charge in [-0.25, -0.2) is 12.8 Å². The molecule has 0 bridgehead atoms. The second-order valence-electron chi connectivity index (χ2n) is 4.64. The lowest BCUT2D eigenvalue weighted by molar-refractivity contribution is 0.439. The van der Waals surface area contributed by atoms with Crippen LogP contribution in [0.4, 0.5) is 4.39 Å². The third-order valence-electron chi connectivity index (χ3n) is 3.14. The minimum atomic E-state index is -3.86. The summed E-state index contributed by atoms with van der Waals surface area (Å²) in [5, 5.41) is 3.27. The Morgan fingerprint density at radius 1 is 1.24 bits per heavy atom. The van der Waals surface area contributed by atoms with Crippen molar-refractivity contribution in [3.63, 3.8) is 0 Å². The standard InChI is InChI=1S/C14H22ClFN2O2S/c1-4-7-17-10-11-8-12(15)9-13(14(11)16)21(19,20)18(5-2)6-3/h8-9,17H,4-7,10H2,1-3H3. The number of sulfonamides is 1. The van der Waals surface area contributed by atoms with Gasteiger partial charge in [-0.2, -0.15) is 4.31 Å². The summed E-state index contributed by atoms with van der Waals surface area (Å²) in [5.74, 6) is -0.727. The van der Waals surface area contributed by atoms with Gasteiger partial charge in [-0.15, -0.1) is 0 Å². The summed E-state index contributed by atoms with van der Waals surface area (Å²) in [6, 6.07) is 2.63. The van der Waals surface area contributed by atoms with Crippen molar-refractivity contribution in [1.82, 2.24) is 9.62 Å². The molecule has 1 aromatic carbocycles. The van der Waals surface area contributed by atoms with Crippen molar-refractivity contribution in [2.45, 2.75) is 38.6 Å². The van der Waals surface area contributed by atoms with Crippen molar-refractivity contribution in [3.05, 3.63) is 28.5 Å². The molecular weight excluding hydrogens is 315 g/mol. The summed E-state index contributed by atoms with van der Waals surface area (Å²) in [5.41, 5.74) is 0.265. The minimum absolute atomic E-state index is 0.218. The first kappa shape index (κ1) is 18.4. The van der Waals surface area contributed by atoms with Crippen molar-refractivity contribution < 1.29 is 12.8 Å². The highest BCUT2D eigenvalue weighted by atomic mass is 35.5. The molecule has 0 aliphatic rings. The molecule has 0 aliphatic heterocycles. The third-order valence-corrected chi connectivity index (χ3v) is 5.41. The number of nitrogens with zero attached hydrogens (tertiary/aromatic N) is 1. The van der Waals surface area contributed by atoms with Crippen LogP contribution in [-0.2, 0) is 16.6 Å². The van der Waals surface area contributed by atoms with Gasteiger partial charge in [0.1, 0.15) is 10.7 Å². The molecule has 120 valence electrons. The summed E-state index contributed by atoms with van der Waals surface area (Å²) in [7, 11) is -3.86. The number of benzene rings is 1. The van der Waals surface area contributed by atoms with E-state index in [0.29, 0.717) is 0 Å². The number of hydrogen-bond donors (Lipinski definition) is 1. The van der Waals surface area contributed by atoms with E-state index in [2.05, 4.69) is 5.32 Å². The Hall–Kier alpha value is -0.690. The van der Waals surface area contributed by atoms with E-state index in [-0.39, 0.29) is 35.1 Å². The molecule has 0 amide bonds. The van der Waals surface area contributed by atoms with Gasteiger partial charge in [0.15, 0.2) is 0 Å². The SMILES string of the molecule is CCCNCc1cc(Cl)cc(S(=O)(=O)N(CC)CC)c1F. The van der Waals surface area contributed by atoms with Crippen LogP contribution in [0.5, 0.6) is 0 Å². The van der Waals surface area contributed by atoms with E-state index in [1.54, 1.807) is 13.8 Å². The summed E-state index contributed by atoms with van der Waals surface area (Å²) in [6.45, 7) is 6.98. The minimum Gasteiger partial charge on any atom is -0.313 e. The van der Waals surface area contributed by atoms with Gasteiger partial charge in [0.25, 0.3) is 0 Å². The molecule has 0 atom stereocenters. The highest BCUT2D eigenvalue weighted by Gasteiger charge is 2.27. The summed E-state index contributed by atoms with van der Waals surface area (Å²) >= 11 is 5.95. The average Bonchev–Trinajstić information content (AvgIpc) is 2.43. The van der Waals surface area contributed by atoms with Crippen molar-refractivity contribution in [2.24, 2.45) is 0 Å². The van der Waals surface area contributed by atoms with Gasteiger partial charge in [-0.3, -0.25) is 0 Å². The topological polar surface area (TPSA) is 49.4 Å². The molecule has 0 unspecified atom stereocenters. The Morgan fingerprint density at radius 3 is 2.38 bits per heavy atom. The fraction of sp³-hybridized carbons (Fsp3) is 0.571. The van der Waals surface area contributed by atoms with Crippen LogP contribution in [0.3, 0.4) is 0 Å². The first-order valence-corrected chi connectivity index (χ1v) is 8.89. The van der Waals surface area contributed by atoms with Gasteiger partial charge in [0.05, 0.1) is 0 Å². The van der Waals surface area contributed by atoms with Crippen LogP contribution in [0.25, 0.3) is 0 Å². The molecule has 4 nitrogen and oxygen atoms in total. The number of hydrogen-bond acceptors (Lipinski definition) is 3. The van der Waals surface area contributed by atoms with Gasteiger partial charge in [-0.05, 0) is 25.1 Å². The highest BCUT2D eigenvalue weighted by molar-refractivity contribution is 7.89. The molecule has 1 rings (SSSR count). The fourth-order valence-corrected chi connectivity index (χ4v) is 3.93. The highest BCUT2D eigenvalue weighted by Crippen LogP contribution is 2.26. The predicted molar refractivity (Wildman–Crippen MR) is 83.5 cm³/mol. The first-order chi connectivity index (χ1) is 9.88. The van der Waals surface area contributed by atoms with E-state index >= 15 is 0 Å². The molecule has 0 heterocycles.